The number of nitrogens with zero attached hydrogens (tertiary/aromatic N) is 1. The van der Waals surface area contributed by atoms with Crippen LogP contribution in [0, 0.1) is 28.9 Å². The van der Waals surface area contributed by atoms with Gasteiger partial charge in [-0.25, -0.2) is 0 Å². The second-order valence-corrected chi connectivity index (χ2v) is 4.67. The molecule has 1 saturated carbocycles. The highest BCUT2D eigenvalue weighted by molar-refractivity contribution is 5.53. The van der Waals surface area contributed by atoms with Crippen LogP contribution in [0.2, 0.25) is 0 Å². The number of nitro benzene ring substituents is 1. The number of rotatable bonds is 4. The molecular formula is C12H16N2O2. The first-order chi connectivity index (χ1) is 7.56. The lowest BCUT2D eigenvalue weighted by atomic mass is 10.2. The van der Waals surface area contributed by atoms with E-state index in [1.54, 1.807) is 12.1 Å². The van der Waals surface area contributed by atoms with Gasteiger partial charge in [0.2, 0.25) is 0 Å². The molecule has 0 spiro atoms. The molecule has 4 heteroatoms. The van der Waals surface area contributed by atoms with Crippen molar-refractivity contribution in [2.24, 2.45) is 11.8 Å². The monoisotopic (exact) mass is 220 g/mol. The molecule has 4 nitrogen and oxygen atoms in total. The van der Waals surface area contributed by atoms with Gasteiger partial charge in [-0.05, 0) is 36.8 Å². The number of nitrogens with one attached hydrogen (secondary N) is 1. The van der Waals surface area contributed by atoms with Crippen molar-refractivity contribution in [1.82, 2.24) is 0 Å². The van der Waals surface area contributed by atoms with Crippen LogP contribution in [0.4, 0.5) is 11.4 Å². The highest BCUT2D eigenvalue weighted by atomic mass is 16.6. The molecule has 0 saturated heterocycles. The number of hydrogen-bond donors (Lipinski definition) is 1. The summed E-state index contributed by atoms with van der Waals surface area (Å²) in [6.45, 7) is 5.02. The summed E-state index contributed by atoms with van der Waals surface area (Å²) >= 11 is 0. The molecule has 1 aromatic rings. The van der Waals surface area contributed by atoms with E-state index in [2.05, 4.69) is 12.2 Å². The van der Waals surface area contributed by atoms with Crippen LogP contribution in [0.5, 0.6) is 0 Å². The van der Waals surface area contributed by atoms with Gasteiger partial charge in [0.1, 0.15) is 0 Å². The molecule has 0 amide bonds. The van der Waals surface area contributed by atoms with Gasteiger partial charge in [0.15, 0.2) is 0 Å². The fourth-order valence-corrected chi connectivity index (χ4v) is 1.90. The SMILES string of the molecule is Cc1cc(NCC2CC2C)cc([N+](=O)[O-])c1. The number of hydrogen-bond acceptors (Lipinski definition) is 3. The van der Waals surface area contributed by atoms with Crippen molar-refractivity contribution in [1.29, 1.82) is 0 Å². The predicted molar refractivity (Wildman–Crippen MR) is 63.6 cm³/mol. The maximum absolute atomic E-state index is 10.7. The lowest BCUT2D eigenvalue weighted by molar-refractivity contribution is -0.384. The Morgan fingerprint density at radius 1 is 1.50 bits per heavy atom. The molecule has 86 valence electrons. The maximum atomic E-state index is 10.7. The van der Waals surface area contributed by atoms with Crippen molar-refractivity contribution >= 4 is 11.4 Å². The maximum Gasteiger partial charge on any atom is 0.271 e. The third-order valence-electron chi connectivity index (χ3n) is 3.12. The average molecular weight is 220 g/mol. The fraction of sp³-hybridized carbons (Fsp3) is 0.500. The number of aryl methyl sites for hydroxylation is 1. The standard InChI is InChI=1S/C12H16N2O2/c1-8-3-11(6-12(4-8)14(15)16)13-7-10-5-9(10)2/h3-4,6,9-10,13H,5,7H2,1-2H3. The van der Waals surface area contributed by atoms with Crippen molar-refractivity contribution in [2.45, 2.75) is 20.3 Å². The third kappa shape index (κ3) is 2.51. The van der Waals surface area contributed by atoms with Gasteiger partial charge < -0.3 is 5.32 Å². The molecule has 1 N–H and O–H groups in total. The van der Waals surface area contributed by atoms with Gasteiger partial charge in [-0.1, -0.05) is 6.92 Å². The Hall–Kier alpha value is -1.58. The summed E-state index contributed by atoms with van der Waals surface area (Å²) < 4.78 is 0. The molecule has 1 fully saturated rings. The molecule has 1 aliphatic carbocycles. The molecular weight excluding hydrogens is 204 g/mol. The number of anilines is 1. The number of benzene rings is 1. The summed E-state index contributed by atoms with van der Waals surface area (Å²) in [5, 5.41) is 14.0. The first-order valence-electron chi connectivity index (χ1n) is 5.56. The summed E-state index contributed by atoms with van der Waals surface area (Å²) in [5.74, 6) is 1.53. The van der Waals surface area contributed by atoms with Crippen molar-refractivity contribution in [3.63, 3.8) is 0 Å². The van der Waals surface area contributed by atoms with E-state index < -0.39 is 0 Å². The van der Waals surface area contributed by atoms with Crippen LogP contribution in [0.25, 0.3) is 0 Å². The number of non-ortho nitro benzene ring substituents is 1. The summed E-state index contributed by atoms with van der Waals surface area (Å²) in [7, 11) is 0. The molecule has 0 heterocycles. The van der Waals surface area contributed by atoms with E-state index in [1.165, 1.54) is 6.42 Å². The van der Waals surface area contributed by atoms with Crippen LogP contribution >= 0.6 is 0 Å². The van der Waals surface area contributed by atoms with Gasteiger partial charge in [0, 0.05) is 24.4 Å². The van der Waals surface area contributed by atoms with E-state index in [0.717, 1.165) is 29.6 Å². The highest BCUT2D eigenvalue weighted by Crippen LogP contribution is 2.37. The zero-order valence-corrected chi connectivity index (χ0v) is 9.56. The van der Waals surface area contributed by atoms with Gasteiger partial charge in [-0.3, -0.25) is 10.1 Å². The fourth-order valence-electron chi connectivity index (χ4n) is 1.90. The molecule has 2 unspecified atom stereocenters. The Morgan fingerprint density at radius 3 is 2.75 bits per heavy atom. The first-order valence-corrected chi connectivity index (χ1v) is 5.56. The van der Waals surface area contributed by atoms with E-state index in [-0.39, 0.29) is 10.6 Å². The lowest BCUT2D eigenvalue weighted by Gasteiger charge is -2.06. The molecule has 0 aromatic heterocycles. The normalized spacial score (nSPS) is 22.9. The molecule has 2 rings (SSSR count). The van der Waals surface area contributed by atoms with Crippen LogP contribution in [0.1, 0.15) is 18.9 Å². The Bertz CT molecular complexity index is 417. The number of nitro groups is 1. The molecule has 1 aromatic carbocycles. The Labute approximate surface area is 94.8 Å². The largest absolute Gasteiger partial charge is 0.385 e. The first kappa shape index (κ1) is 10.9. The Morgan fingerprint density at radius 2 is 2.19 bits per heavy atom. The second kappa shape index (κ2) is 4.12. The van der Waals surface area contributed by atoms with Gasteiger partial charge in [-0.2, -0.15) is 0 Å². The van der Waals surface area contributed by atoms with E-state index >= 15 is 0 Å². The van der Waals surface area contributed by atoms with E-state index in [0.29, 0.717) is 0 Å². The van der Waals surface area contributed by atoms with Crippen LogP contribution in [-0.4, -0.2) is 11.5 Å². The molecule has 0 radical (unpaired) electrons. The zero-order chi connectivity index (χ0) is 11.7. The minimum absolute atomic E-state index is 0.159. The van der Waals surface area contributed by atoms with Crippen molar-refractivity contribution in [3.05, 3.63) is 33.9 Å². The summed E-state index contributed by atoms with van der Waals surface area (Å²) in [5.41, 5.74) is 1.93. The predicted octanol–water partition coefficient (Wildman–Crippen LogP) is 2.97. The van der Waals surface area contributed by atoms with Gasteiger partial charge >= 0.3 is 0 Å². The molecule has 2 atom stereocenters. The highest BCUT2D eigenvalue weighted by Gasteiger charge is 2.31. The van der Waals surface area contributed by atoms with Crippen LogP contribution in [0.15, 0.2) is 18.2 Å². The van der Waals surface area contributed by atoms with Gasteiger partial charge in [0.25, 0.3) is 5.69 Å². The minimum atomic E-state index is -0.349. The molecule has 0 bridgehead atoms. The van der Waals surface area contributed by atoms with Crippen molar-refractivity contribution in [3.8, 4) is 0 Å². The lowest BCUT2D eigenvalue weighted by Crippen LogP contribution is -2.05. The van der Waals surface area contributed by atoms with Crippen molar-refractivity contribution in [2.75, 3.05) is 11.9 Å². The quantitative estimate of drug-likeness (QED) is 0.627. The molecule has 16 heavy (non-hydrogen) atoms. The van der Waals surface area contributed by atoms with Crippen LogP contribution < -0.4 is 5.32 Å². The van der Waals surface area contributed by atoms with Gasteiger partial charge in [-0.15, -0.1) is 0 Å². The zero-order valence-electron chi connectivity index (χ0n) is 9.56. The van der Waals surface area contributed by atoms with Crippen LogP contribution in [0.3, 0.4) is 0 Å². The Kier molecular flexibility index (Phi) is 2.81. The summed E-state index contributed by atoms with van der Waals surface area (Å²) in [6, 6.07) is 5.13. The minimum Gasteiger partial charge on any atom is -0.385 e. The smallest absolute Gasteiger partial charge is 0.271 e. The van der Waals surface area contributed by atoms with Crippen LogP contribution in [-0.2, 0) is 0 Å². The topological polar surface area (TPSA) is 55.2 Å². The van der Waals surface area contributed by atoms with Crippen molar-refractivity contribution < 1.29 is 4.92 Å². The molecule has 1 aliphatic rings. The summed E-state index contributed by atoms with van der Waals surface area (Å²) in [6.07, 6.45) is 1.26. The third-order valence-corrected chi connectivity index (χ3v) is 3.12. The van der Waals surface area contributed by atoms with E-state index in [4.69, 9.17) is 0 Å². The van der Waals surface area contributed by atoms with E-state index in [9.17, 15) is 10.1 Å². The Balaban J connectivity index is 2.05. The second-order valence-electron chi connectivity index (χ2n) is 4.67. The van der Waals surface area contributed by atoms with E-state index in [1.807, 2.05) is 13.0 Å². The van der Waals surface area contributed by atoms with Gasteiger partial charge in [0.05, 0.1) is 4.92 Å². The average Bonchev–Trinajstić information content (AvgIpc) is 2.91. The molecule has 0 aliphatic heterocycles. The summed E-state index contributed by atoms with van der Waals surface area (Å²) in [4.78, 5) is 10.3.